The van der Waals surface area contributed by atoms with E-state index in [2.05, 4.69) is 0 Å². The number of aliphatic hydroxyl groups excluding tert-OH is 1. The normalized spacial score (nSPS) is 12.3. The fourth-order valence-corrected chi connectivity index (χ4v) is 1.48. The first-order chi connectivity index (χ1) is 7.06. The van der Waals surface area contributed by atoms with Gasteiger partial charge in [-0.15, -0.1) is 0 Å². The molecule has 0 fully saturated rings. The number of benzene rings is 1. The van der Waals surface area contributed by atoms with Crippen LogP contribution >= 0.6 is 0 Å². The number of rotatable bonds is 3. The second-order valence-electron chi connectivity index (χ2n) is 3.51. The Morgan fingerprint density at radius 2 is 2.13 bits per heavy atom. The van der Waals surface area contributed by atoms with Crippen LogP contribution in [0.4, 0.5) is 0 Å². The van der Waals surface area contributed by atoms with Crippen LogP contribution in [0.2, 0.25) is 0 Å². The summed E-state index contributed by atoms with van der Waals surface area (Å²) in [6.45, 7) is 5.83. The minimum absolute atomic E-state index is 0.279. The van der Waals surface area contributed by atoms with Crippen LogP contribution in [0.25, 0.3) is 0 Å². The predicted octanol–water partition coefficient (Wildman–Crippen LogP) is 1.90. The van der Waals surface area contributed by atoms with Crippen molar-refractivity contribution in [1.82, 2.24) is 0 Å². The molecule has 0 aromatic heterocycles. The number of hydrogen-bond donors (Lipinski definition) is 1. The van der Waals surface area contributed by atoms with Gasteiger partial charge in [0, 0.05) is 0 Å². The lowest BCUT2D eigenvalue weighted by Gasteiger charge is -2.12. The van der Waals surface area contributed by atoms with E-state index < -0.39 is 12.1 Å². The second-order valence-corrected chi connectivity index (χ2v) is 3.51. The molecule has 0 heterocycles. The molecular weight excluding hydrogens is 192 g/mol. The molecule has 1 N–H and O–H groups in total. The van der Waals surface area contributed by atoms with Gasteiger partial charge in [0.1, 0.15) is 0 Å². The number of ether oxygens (including phenoxy) is 1. The van der Waals surface area contributed by atoms with Crippen LogP contribution in [-0.4, -0.2) is 17.7 Å². The number of aliphatic hydroxyl groups is 1. The standard InChI is InChI=1S/C12H16O3/c1-4-15-12(14)11(13)10-6-5-8(2)7-9(10)3/h5-7,11,13H,4H2,1-3H3/t11-/m1/s1. The number of esters is 1. The first-order valence-corrected chi connectivity index (χ1v) is 4.98. The Morgan fingerprint density at radius 3 is 2.67 bits per heavy atom. The molecule has 3 heteroatoms. The summed E-state index contributed by atoms with van der Waals surface area (Å²) in [7, 11) is 0. The number of carbonyl (C=O) groups excluding carboxylic acids is 1. The summed E-state index contributed by atoms with van der Waals surface area (Å²) in [5, 5.41) is 9.72. The highest BCUT2D eigenvalue weighted by atomic mass is 16.5. The molecule has 0 unspecified atom stereocenters. The molecule has 0 amide bonds. The van der Waals surface area contributed by atoms with Gasteiger partial charge in [-0.05, 0) is 31.9 Å². The fraction of sp³-hybridized carbons (Fsp3) is 0.417. The number of aryl methyl sites for hydroxylation is 2. The summed E-state index contributed by atoms with van der Waals surface area (Å²) >= 11 is 0. The topological polar surface area (TPSA) is 46.5 Å². The van der Waals surface area contributed by atoms with Crippen molar-refractivity contribution in [1.29, 1.82) is 0 Å². The highest BCUT2D eigenvalue weighted by molar-refractivity contribution is 5.76. The summed E-state index contributed by atoms with van der Waals surface area (Å²) in [6.07, 6.45) is -1.18. The molecular formula is C12H16O3. The van der Waals surface area contributed by atoms with Crippen molar-refractivity contribution in [2.45, 2.75) is 26.9 Å². The molecule has 82 valence electrons. The zero-order chi connectivity index (χ0) is 11.4. The quantitative estimate of drug-likeness (QED) is 0.772. The summed E-state index contributed by atoms with van der Waals surface area (Å²) in [4.78, 5) is 11.3. The monoisotopic (exact) mass is 208 g/mol. The Morgan fingerprint density at radius 1 is 1.47 bits per heavy atom. The zero-order valence-electron chi connectivity index (χ0n) is 9.28. The highest BCUT2D eigenvalue weighted by Gasteiger charge is 2.19. The van der Waals surface area contributed by atoms with Gasteiger partial charge < -0.3 is 9.84 Å². The van der Waals surface area contributed by atoms with Gasteiger partial charge in [0.2, 0.25) is 0 Å². The molecule has 0 saturated heterocycles. The van der Waals surface area contributed by atoms with Gasteiger partial charge in [-0.3, -0.25) is 0 Å². The third-order valence-corrected chi connectivity index (χ3v) is 2.23. The molecule has 3 nitrogen and oxygen atoms in total. The van der Waals surface area contributed by atoms with Crippen LogP contribution in [0.5, 0.6) is 0 Å². The maximum absolute atomic E-state index is 11.3. The van der Waals surface area contributed by atoms with Crippen molar-refractivity contribution in [3.8, 4) is 0 Å². The Balaban J connectivity index is 2.91. The Hall–Kier alpha value is -1.35. The van der Waals surface area contributed by atoms with E-state index in [0.29, 0.717) is 5.56 Å². The smallest absolute Gasteiger partial charge is 0.339 e. The largest absolute Gasteiger partial charge is 0.464 e. The average molecular weight is 208 g/mol. The van der Waals surface area contributed by atoms with Crippen molar-refractivity contribution >= 4 is 5.97 Å². The van der Waals surface area contributed by atoms with Crippen molar-refractivity contribution in [3.05, 3.63) is 34.9 Å². The number of carbonyl (C=O) groups is 1. The van der Waals surface area contributed by atoms with E-state index >= 15 is 0 Å². The van der Waals surface area contributed by atoms with E-state index in [-0.39, 0.29) is 6.61 Å². The van der Waals surface area contributed by atoms with Crippen LogP contribution in [0.15, 0.2) is 18.2 Å². The Bertz CT molecular complexity index is 358. The first kappa shape index (κ1) is 11.7. The predicted molar refractivity (Wildman–Crippen MR) is 57.5 cm³/mol. The maximum Gasteiger partial charge on any atom is 0.339 e. The summed E-state index contributed by atoms with van der Waals surface area (Å²) in [5.41, 5.74) is 2.61. The lowest BCUT2D eigenvalue weighted by atomic mass is 10.0. The molecule has 0 bridgehead atoms. The minimum Gasteiger partial charge on any atom is -0.464 e. The summed E-state index contributed by atoms with van der Waals surface area (Å²) in [6, 6.07) is 5.55. The molecule has 1 aromatic carbocycles. The van der Waals surface area contributed by atoms with E-state index in [9.17, 15) is 9.90 Å². The third kappa shape index (κ3) is 2.80. The second kappa shape index (κ2) is 4.94. The molecule has 1 atom stereocenters. The molecule has 1 aromatic rings. The minimum atomic E-state index is -1.18. The molecule has 15 heavy (non-hydrogen) atoms. The summed E-state index contributed by atoms with van der Waals surface area (Å²) < 4.78 is 4.75. The van der Waals surface area contributed by atoms with E-state index in [4.69, 9.17) is 4.74 Å². The molecule has 0 aliphatic carbocycles. The zero-order valence-corrected chi connectivity index (χ0v) is 9.28. The van der Waals surface area contributed by atoms with Crippen molar-refractivity contribution in [2.75, 3.05) is 6.61 Å². The SMILES string of the molecule is CCOC(=O)[C@H](O)c1ccc(C)cc1C. The lowest BCUT2D eigenvalue weighted by Crippen LogP contribution is -2.16. The molecule has 0 spiro atoms. The Labute approximate surface area is 89.7 Å². The number of hydrogen-bond acceptors (Lipinski definition) is 3. The van der Waals surface area contributed by atoms with Crippen molar-refractivity contribution in [2.24, 2.45) is 0 Å². The van der Waals surface area contributed by atoms with E-state index in [1.807, 2.05) is 26.0 Å². The van der Waals surface area contributed by atoms with Crippen molar-refractivity contribution in [3.63, 3.8) is 0 Å². The molecule has 0 aliphatic heterocycles. The average Bonchev–Trinajstić information content (AvgIpc) is 2.17. The highest BCUT2D eigenvalue weighted by Crippen LogP contribution is 2.19. The van der Waals surface area contributed by atoms with Gasteiger partial charge in [-0.1, -0.05) is 23.8 Å². The first-order valence-electron chi connectivity index (χ1n) is 4.98. The molecule has 0 radical (unpaired) electrons. The van der Waals surface area contributed by atoms with E-state index in [1.165, 1.54) is 0 Å². The summed E-state index contributed by atoms with van der Waals surface area (Å²) in [5.74, 6) is -0.593. The van der Waals surface area contributed by atoms with Gasteiger partial charge in [0.25, 0.3) is 0 Å². The third-order valence-electron chi connectivity index (χ3n) is 2.23. The van der Waals surface area contributed by atoms with Gasteiger partial charge in [-0.2, -0.15) is 0 Å². The van der Waals surface area contributed by atoms with Gasteiger partial charge >= 0.3 is 5.97 Å². The molecule has 0 saturated carbocycles. The van der Waals surface area contributed by atoms with Gasteiger partial charge in [0.15, 0.2) is 6.10 Å². The van der Waals surface area contributed by atoms with E-state index in [1.54, 1.807) is 13.0 Å². The van der Waals surface area contributed by atoms with Gasteiger partial charge in [0.05, 0.1) is 6.61 Å². The molecule has 1 rings (SSSR count). The fourth-order valence-electron chi connectivity index (χ4n) is 1.48. The van der Waals surface area contributed by atoms with Crippen LogP contribution in [0, 0.1) is 13.8 Å². The Kier molecular flexibility index (Phi) is 3.86. The maximum atomic E-state index is 11.3. The van der Waals surface area contributed by atoms with Gasteiger partial charge in [-0.25, -0.2) is 4.79 Å². The van der Waals surface area contributed by atoms with Crippen LogP contribution in [0.3, 0.4) is 0 Å². The van der Waals surface area contributed by atoms with E-state index in [0.717, 1.165) is 11.1 Å². The lowest BCUT2D eigenvalue weighted by molar-refractivity contribution is -0.153. The van der Waals surface area contributed by atoms with Crippen LogP contribution < -0.4 is 0 Å². The molecule has 0 aliphatic rings. The van der Waals surface area contributed by atoms with Crippen LogP contribution in [0.1, 0.15) is 29.7 Å². The van der Waals surface area contributed by atoms with Crippen molar-refractivity contribution < 1.29 is 14.6 Å². The van der Waals surface area contributed by atoms with Crippen LogP contribution in [-0.2, 0) is 9.53 Å².